The van der Waals surface area contributed by atoms with Crippen LogP contribution < -0.4 is 14.8 Å². The molecule has 1 amide bonds. The Morgan fingerprint density at radius 1 is 1.42 bits per heavy atom. The van der Waals surface area contributed by atoms with Gasteiger partial charge in [0.2, 0.25) is 10.0 Å². The molecule has 4 rings (SSSR count). The summed E-state index contributed by atoms with van der Waals surface area (Å²) in [5.41, 5.74) is -0.594. The maximum atomic E-state index is 13.6. The van der Waals surface area contributed by atoms with Gasteiger partial charge in [0.1, 0.15) is 23.4 Å². The number of ether oxygens (including phenoxy) is 2. The van der Waals surface area contributed by atoms with E-state index in [0.29, 0.717) is 26.1 Å². The van der Waals surface area contributed by atoms with Crippen molar-refractivity contribution in [3.8, 4) is 11.8 Å². The van der Waals surface area contributed by atoms with Crippen LogP contribution in [-0.4, -0.2) is 44.8 Å². The average molecular weight is 475 g/mol. The van der Waals surface area contributed by atoms with Crippen molar-refractivity contribution >= 4 is 21.6 Å². The standard InChI is InChI=1S/C22H23FN4O5S/c1-3-22(6-8-31-9-7-22)18-13-32-20-17(33(29,30)26-18)12-27(2)19(20)21(28)25-15-4-5-16(23)14(10-15)11-24/h3-5,10,12,18,26H,1,6-9,13H2,2H3,(H,25,28). The Labute approximate surface area is 190 Å². The fourth-order valence-electron chi connectivity index (χ4n) is 4.23. The third-order valence-electron chi connectivity index (χ3n) is 6.17. The molecule has 2 aliphatic heterocycles. The third kappa shape index (κ3) is 4.13. The van der Waals surface area contributed by atoms with Gasteiger partial charge in [0.05, 0.1) is 11.6 Å². The molecular formula is C22H23FN4O5S. The number of benzene rings is 1. The van der Waals surface area contributed by atoms with Crippen LogP contribution in [0.3, 0.4) is 0 Å². The molecule has 0 saturated carbocycles. The number of amides is 1. The SMILES string of the molecule is C=CC1(C2COc3c(cn(C)c3C(=O)Nc3ccc(F)c(C#N)c3)S(=O)(=O)N2)CCOCC1. The van der Waals surface area contributed by atoms with Gasteiger partial charge < -0.3 is 19.4 Å². The lowest BCUT2D eigenvalue weighted by molar-refractivity contribution is 0.0155. The average Bonchev–Trinajstić information content (AvgIpc) is 3.08. The van der Waals surface area contributed by atoms with Gasteiger partial charge >= 0.3 is 0 Å². The minimum absolute atomic E-state index is 0.00231. The summed E-state index contributed by atoms with van der Waals surface area (Å²) < 4.78 is 55.4. The second-order valence-corrected chi connectivity index (χ2v) is 9.76. The molecule has 174 valence electrons. The highest BCUT2D eigenvalue weighted by Gasteiger charge is 2.44. The van der Waals surface area contributed by atoms with Crippen molar-refractivity contribution in [3.05, 3.63) is 54.1 Å². The van der Waals surface area contributed by atoms with Gasteiger partial charge in [-0.3, -0.25) is 4.79 Å². The number of fused-ring (bicyclic) bond motifs is 1. The van der Waals surface area contributed by atoms with E-state index in [1.165, 1.54) is 29.9 Å². The molecule has 1 fully saturated rings. The Morgan fingerprint density at radius 3 is 2.82 bits per heavy atom. The number of aryl methyl sites for hydroxylation is 1. The number of hydrogen-bond acceptors (Lipinski definition) is 6. The summed E-state index contributed by atoms with van der Waals surface area (Å²) in [6.45, 7) is 4.87. The molecule has 0 bridgehead atoms. The van der Waals surface area contributed by atoms with Crippen LogP contribution in [-0.2, 0) is 21.8 Å². The molecule has 1 aromatic heterocycles. The predicted octanol–water partition coefficient (Wildman–Crippen LogP) is 2.31. The normalized spacial score (nSPS) is 21.1. The predicted molar refractivity (Wildman–Crippen MR) is 117 cm³/mol. The number of anilines is 1. The maximum Gasteiger partial charge on any atom is 0.276 e. The number of carbonyl (C=O) groups is 1. The lowest BCUT2D eigenvalue weighted by Crippen LogP contribution is -2.51. The topological polar surface area (TPSA) is 122 Å². The second kappa shape index (κ2) is 8.62. The van der Waals surface area contributed by atoms with Crippen LogP contribution in [0.4, 0.5) is 10.1 Å². The van der Waals surface area contributed by atoms with Crippen molar-refractivity contribution in [2.75, 3.05) is 25.1 Å². The molecule has 2 N–H and O–H groups in total. The minimum atomic E-state index is -4.01. The number of aromatic nitrogens is 1. The molecule has 1 atom stereocenters. The summed E-state index contributed by atoms with van der Waals surface area (Å²) in [7, 11) is -2.48. The summed E-state index contributed by atoms with van der Waals surface area (Å²) in [6.07, 6.45) is 4.23. The highest BCUT2D eigenvalue weighted by molar-refractivity contribution is 7.89. The van der Waals surface area contributed by atoms with Gasteiger partial charge in [-0.1, -0.05) is 6.08 Å². The third-order valence-corrected chi connectivity index (χ3v) is 7.63. The molecule has 33 heavy (non-hydrogen) atoms. The van der Waals surface area contributed by atoms with Gasteiger partial charge in [-0.2, -0.15) is 5.26 Å². The Kier molecular flexibility index (Phi) is 6.00. The first kappa shape index (κ1) is 23.0. The number of hydrogen-bond donors (Lipinski definition) is 2. The summed E-state index contributed by atoms with van der Waals surface area (Å²) in [5, 5.41) is 11.6. The first-order chi connectivity index (χ1) is 15.7. The highest BCUT2D eigenvalue weighted by Crippen LogP contribution is 2.40. The fourth-order valence-corrected chi connectivity index (χ4v) is 5.73. The number of halogens is 1. The number of rotatable bonds is 4. The molecular weight excluding hydrogens is 451 g/mol. The van der Waals surface area contributed by atoms with E-state index in [4.69, 9.17) is 14.7 Å². The molecule has 2 aliphatic rings. The van der Waals surface area contributed by atoms with Crippen LogP contribution in [0.15, 0.2) is 41.9 Å². The molecule has 0 aliphatic carbocycles. The quantitative estimate of drug-likeness (QED) is 0.656. The zero-order chi connectivity index (χ0) is 23.8. The van der Waals surface area contributed by atoms with E-state index in [1.807, 2.05) is 0 Å². The largest absolute Gasteiger partial charge is 0.488 e. The van der Waals surface area contributed by atoms with Crippen molar-refractivity contribution in [1.82, 2.24) is 9.29 Å². The van der Waals surface area contributed by atoms with E-state index in [-0.39, 0.29) is 34.2 Å². The summed E-state index contributed by atoms with van der Waals surface area (Å²) >= 11 is 0. The Morgan fingerprint density at radius 2 is 2.15 bits per heavy atom. The fraction of sp³-hybridized carbons (Fsp3) is 0.364. The Balaban J connectivity index is 1.67. The summed E-state index contributed by atoms with van der Waals surface area (Å²) in [6, 6.07) is 4.69. The molecule has 11 heteroatoms. The lowest BCUT2D eigenvalue weighted by atomic mass is 9.74. The zero-order valence-electron chi connectivity index (χ0n) is 17.9. The van der Waals surface area contributed by atoms with Crippen LogP contribution in [0.25, 0.3) is 0 Å². The molecule has 0 spiro atoms. The lowest BCUT2D eigenvalue weighted by Gasteiger charge is -2.40. The van der Waals surface area contributed by atoms with Gasteiger partial charge in [0.25, 0.3) is 5.91 Å². The number of nitrogens with zero attached hydrogens (tertiary/aromatic N) is 2. The van der Waals surface area contributed by atoms with Crippen molar-refractivity contribution in [2.24, 2.45) is 12.5 Å². The van der Waals surface area contributed by atoms with Crippen LogP contribution in [0.1, 0.15) is 28.9 Å². The molecule has 0 radical (unpaired) electrons. The zero-order valence-corrected chi connectivity index (χ0v) is 18.7. The van der Waals surface area contributed by atoms with Gasteiger partial charge in [-0.15, -0.1) is 6.58 Å². The van der Waals surface area contributed by atoms with E-state index >= 15 is 0 Å². The number of carbonyl (C=O) groups excluding carboxylic acids is 1. The van der Waals surface area contributed by atoms with Gasteiger partial charge in [0.15, 0.2) is 11.4 Å². The van der Waals surface area contributed by atoms with Gasteiger partial charge in [-0.05, 0) is 31.0 Å². The summed E-state index contributed by atoms with van der Waals surface area (Å²) in [4.78, 5) is 12.9. The maximum absolute atomic E-state index is 13.6. The van der Waals surface area contributed by atoms with Crippen LogP contribution in [0.5, 0.6) is 5.75 Å². The van der Waals surface area contributed by atoms with Crippen molar-refractivity contribution < 1.29 is 27.1 Å². The molecule has 2 aromatic rings. The highest BCUT2D eigenvalue weighted by atomic mass is 32.2. The van der Waals surface area contributed by atoms with E-state index in [9.17, 15) is 17.6 Å². The molecule has 1 aromatic carbocycles. The smallest absolute Gasteiger partial charge is 0.276 e. The van der Waals surface area contributed by atoms with E-state index in [2.05, 4.69) is 16.6 Å². The Hall–Kier alpha value is -3.20. The monoisotopic (exact) mass is 474 g/mol. The molecule has 1 unspecified atom stereocenters. The van der Waals surface area contributed by atoms with E-state index in [1.54, 1.807) is 12.1 Å². The van der Waals surface area contributed by atoms with Crippen molar-refractivity contribution in [2.45, 2.75) is 23.8 Å². The number of nitriles is 1. The molecule has 3 heterocycles. The van der Waals surface area contributed by atoms with Crippen LogP contribution >= 0.6 is 0 Å². The van der Waals surface area contributed by atoms with E-state index in [0.717, 1.165) is 6.07 Å². The second-order valence-electron chi connectivity index (χ2n) is 8.08. The van der Waals surface area contributed by atoms with Crippen LogP contribution in [0, 0.1) is 22.6 Å². The molecule has 9 nitrogen and oxygen atoms in total. The van der Waals surface area contributed by atoms with Crippen molar-refractivity contribution in [3.63, 3.8) is 0 Å². The number of sulfonamides is 1. The number of nitrogens with one attached hydrogen (secondary N) is 2. The minimum Gasteiger partial charge on any atom is -0.488 e. The van der Waals surface area contributed by atoms with Crippen LogP contribution in [0.2, 0.25) is 0 Å². The van der Waals surface area contributed by atoms with E-state index < -0.39 is 33.2 Å². The van der Waals surface area contributed by atoms with Crippen molar-refractivity contribution in [1.29, 1.82) is 5.26 Å². The van der Waals surface area contributed by atoms with Gasteiger partial charge in [0, 0.05) is 37.6 Å². The van der Waals surface area contributed by atoms with Gasteiger partial charge in [-0.25, -0.2) is 17.5 Å². The first-order valence-corrected chi connectivity index (χ1v) is 11.8. The molecule has 1 saturated heterocycles. The summed E-state index contributed by atoms with van der Waals surface area (Å²) in [5.74, 6) is -1.44. The Bertz CT molecular complexity index is 1260. The first-order valence-electron chi connectivity index (χ1n) is 10.3.